The summed E-state index contributed by atoms with van der Waals surface area (Å²) < 4.78 is 1.66. The maximum atomic E-state index is 9.40. The van der Waals surface area contributed by atoms with Gasteiger partial charge in [0.15, 0.2) is 0 Å². The van der Waals surface area contributed by atoms with E-state index in [1.807, 2.05) is 7.05 Å². The second-order valence-electron chi connectivity index (χ2n) is 2.54. The van der Waals surface area contributed by atoms with E-state index >= 15 is 0 Å². The van der Waals surface area contributed by atoms with Crippen LogP contribution < -0.4 is 5.73 Å². The van der Waals surface area contributed by atoms with E-state index in [-0.39, 0.29) is 0 Å². The second-order valence-corrected chi connectivity index (χ2v) is 2.54. The molecule has 1 aromatic rings. The minimum atomic E-state index is -0.464. The Balaban J connectivity index is 2.60. The third-order valence-corrected chi connectivity index (χ3v) is 1.55. The Morgan fingerprint density at radius 3 is 3.00 bits per heavy atom. The number of aromatic nitrogens is 2. The zero-order valence-electron chi connectivity index (χ0n) is 6.57. The maximum Gasteiger partial charge on any atom is 0.0832 e. The summed E-state index contributed by atoms with van der Waals surface area (Å²) in [6, 6.07) is 0. The standard InChI is InChI=1S/C7H13N3O/c1-10-5-6(4-9-10)7(11)2-3-8/h4-5,7,11H,2-3,8H2,1H3/t7-/m0/s1. The molecule has 0 amide bonds. The summed E-state index contributed by atoms with van der Waals surface area (Å²) in [5, 5.41) is 13.3. The average Bonchev–Trinajstić information content (AvgIpc) is 2.36. The molecule has 0 bridgehead atoms. The van der Waals surface area contributed by atoms with Crippen LogP contribution in [0.25, 0.3) is 0 Å². The van der Waals surface area contributed by atoms with Gasteiger partial charge in [-0.25, -0.2) is 0 Å². The Hall–Kier alpha value is -0.870. The van der Waals surface area contributed by atoms with Crippen molar-refractivity contribution in [2.24, 2.45) is 12.8 Å². The summed E-state index contributed by atoms with van der Waals surface area (Å²) in [6.07, 6.45) is 3.57. The SMILES string of the molecule is Cn1cc([C@@H](O)CCN)cn1. The fourth-order valence-corrected chi connectivity index (χ4v) is 0.937. The van der Waals surface area contributed by atoms with E-state index in [4.69, 9.17) is 5.73 Å². The molecule has 1 atom stereocenters. The fourth-order valence-electron chi connectivity index (χ4n) is 0.937. The molecule has 0 aromatic carbocycles. The number of hydrogen-bond donors (Lipinski definition) is 2. The van der Waals surface area contributed by atoms with Crippen LogP contribution in [-0.4, -0.2) is 21.4 Å². The minimum absolute atomic E-state index is 0.464. The number of hydrogen-bond acceptors (Lipinski definition) is 3. The van der Waals surface area contributed by atoms with Gasteiger partial charge in [0.1, 0.15) is 0 Å². The Morgan fingerprint density at radius 1 is 1.82 bits per heavy atom. The van der Waals surface area contributed by atoms with Crippen LogP contribution in [0.1, 0.15) is 18.1 Å². The lowest BCUT2D eigenvalue weighted by Crippen LogP contribution is -2.05. The topological polar surface area (TPSA) is 64.1 Å². The fraction of sp³-hybridized carbons (Fsp3) is 0.571. The molecule has 1 heterocycles. The third kappa shape index (κ3) is 2.03. The van der Waals surface area contributed by atoms with Gasteiger partial charge in [-0.3, -0.25) is 4.68 Å². The molecule has 11 heavy (non-hydrogen) atoms. The number of nitrogens with zero attached hydrogens (tertiary/aromatic N) is 2. The first-order valence-corrected chi connectivity index (χ1v) is 3.60. The van der Waals surface area contributed by atoms with E-state index < -0.39 is 6.10 Å². The Bertz CT molecular complexity index is 221. The predicted molar refractivity (Wildman–Crippen MR) is 41.8 cm³/mol. The van der Waals surface area contributed by atoms with Gasteiger partial charge in [0.2, 0.25) is 0 Å². The van der Waals surface area contributed by atoms with Crippen LogP contribution in [0.15, 0.2) is 12.4 Å². The lowest BCUT2D eigenvalue weighted by atomic mass is 10.1. The van der Waals surface area contributed by atoms with E-state index in [2.05, 4.69) is 5.10 Å². The quantitative estimate of drug-likeness (QED) is 0.635. The molecule has 4 nitrogen and oxygen atoms in total. The zero-order chi connectivity index (χ0) is 8.27. The number of aliphatic hydroxyl groups is 1. The van der Waals surface area contributed by atoms with Crippen molar-refractivity contribution in [2.45, 2.75) is 12.5 Å². The van der Waals surface area contributed by atoms with Crippen molar-refractivity contribution in [3.05, 3.63) is 18.0 Å². The Labute approximate surface area is 65.6 Å². The van der Waals surface area contributed by atoms with Crippen LogP contribution in [0.3, 0.4) is 0 Å². The summed E-state index contributed by atoms with van der Waals surface area (Å²) in [4.78, 5) is 0. The summed E-state index contributed by atoms with van der Waals surface area (Å²) in [5.41, 5.74) is 6.12. The molecule has 0 spiro atoms. The molecule has 0 radical (unpaired) electrons. The Kier molecular flexibility index (Phi) is 2.62. The van der Waals surface area contributed by atoms with E-state index in [1.165, 1.54) is 0 Å². The molecule has 0 fully saturated rings. The number of aliphatic hydroxyl groups excluding tert-OH is 1. The van der Waals surface area contributed by atoms with Crippen molar-refractivity contribution in [1.29, 1.82) is 0 Å². The van der Waals surface area contributed by atoms with E-state index in [9.17, 15) is 5.11 Å². The molecule has 4 heteroatoms. The normalized spacial score (nSPS) is 13.4. The smallest absolute Gasteiger partial charge is 0.0832 e. The number of aryl methyl sites for hydroxylation is 1. The summed E-state index contributed by atoms with van der Waals surface area (Å²) in [5.74, 6) is 0. The summed E-state index contributed by atoms with van der Waals surface area (Å²) in [6.45, 7) is 0.496. The van der Waals surface area contributed by atoms with Crippen molar-refractivity contribution >= 4 is 0 Å². The van der Waals surface area contributed by atoms with Crippen molar-refractivity contribution < 1.29 is 5.11 Å². The van der Waals surface area contributed by atoms with Crippen LogP contribution >= 0.6 is 0 Å². The highest BCUT2D eigenvalue weighted by Gasteiger charge is 2.06. The van der Waals surface area contributed by atoms with Crippen LogP contribution in [0.2, 0.25) is 0 Å². The average molecular weight is 155 g/mol. The molecule has 0 aliphatic rings. The molecule has 1 aromatic heterocycles. The van der Waals surface area contributed by atoms with Gasteiger partial charge >= 0.3 is 0 Å². The van der Waals surface area contributed by atoms with Gasteiger partial charge in [0.05, 0.1) is 12.3 Å². The lowest BCUT2D eigenvalue weighted by molar-refractivity contribution is 0.170. The largest absolute Gasteiger partial charge is 0.388 e. The molecule has 3 N–H and O–H groups in total. The molecule has 0 unspecified atom stereocenters. The highest BCUT2D eigenvalue weighted by molar-refractivity contribution is 5.07. The monoisotopic (exact) mass is 155 g/mol. The van der Waals surface area contributed by atoms with Gasteiger partial charge < -0.3 is 10.8 Å². The van der Waals surface area contributed by atoms with Gasteiger partial charge in [0.25, 0.3) is 0 Å². The van der Waals surface area contributed by atoms with E-state index in [0.29, 0.717) is 13.0 Å². The molecule has 0 aliphatic carbocycles. The molecule has 0 saturated heterocycles. The van der Waals surface area contributed by atoms with Crippen molar-refractivity contribution in [3.63, 3.8) is 0 Å². The molecule has 0 aliphatic heterocycles. The number of nitrogens with two attached hydrogens (primary N) is 1. The van der Waals surface area contributed by atoms with Crippen molar-refractivity contribution in [3.8, 4) is 0 Å². The highest BCUT2D eigenvalue weighted by Crippen LogP contribution is 2.13. The maximum absolute atomic E-state index is 9.40. The van der Waals surface area contributed by atoms with E-state index in [1.54, 1.807) is 17.1 Å². The number of rotatable bonds is 3. The second kappa shape index (κ2) is 3.50. The van der Waals surface area contributed by atoms with Crippen LogP contribution in [-0.2, 0) is 7.05 Å². The molecule has 1 rings (SSSR count). The first-order chi connectivity index (χ1) is 5.24. The molecule has 62 valence electrons. The summed E-state index contributed by atoms with van der Waals surface area (Å²) >= 11 is 0. The molecule has 0 saturated carbocycles. The van der Waals surface area contributed by atoms with Crippen molar-refractivity contribution in [2.75, 3.05) is 6.54 Å². The molecular formula is C7H13N3O. The van der Waals surface area contributed by atoms with Gasteiger partial charge in [0, 0.05) is 18.8 Å². The van der Waals surface area contributed by atoms with Crippen LogP contribution in [0.5, 0.6) is 0 Å². The zero-order valence-corrected chi connectivity index (χ0v) is 6.57. The van der Waals surface area contributed by atoms with Gasteiger partial charge in [-0.2, -0.15) is 5.10 Å². The van der Waals surface area contributed by atoms with Crippen LogP contribution in [0.4, 0.5) is 0 Å². The van der Waals surface area contributed by atoms with Crippen molar-refractivity contribution in [1.82, 2.24) is 9.78 Å². The highest BCUT2D eigenvalue weighted by atomic mass is 16.3. The first-order valence-electron chi connectivity index (χ1n) is 3.60. The molecular weight excluding hydrogens is 142 g/mol. The summed E-state index contributed by atoms with van der Waals surface area (Å²) in [7, 11) is 1.82. The lowest BCUT2D eigenvalue weighted by Gasteiger charge is -2.04. The predicted octanol–water partition coefficient (Wildman–Crippen LogP) is -0.198. The van der Waals surface area contributed by atoms with E-state index in [0.717, 1.165) is 5.56 Å². The third-order valence-electron chi connectivity index (χ3n) is 1.55. The first kappa shape index (κ1) is 8.23. The Morgan fingerprint density at radius 2 is 2.55 bits per heavy atom. The van der Waals surface area contributed by atoms with Gasteiger partial charge in [-0.05, 0) is 13.0 Å². The van der Waals surface area contributed by atoms with Crippen LogP contribution in [0, 0.1) is 0 Å². The minimum Gasteiger partial charge on any atom is -0.388 e. The van der Waals surface area contributed by atoms with Gasteiger partial charge in [-0.15, -0.1) is 0 Å². The van der Waals surface area contributed by atoms with Gasteiger partial charge in [-0.1, -0.05) is 0 Å².